The first-order valence-corrected chi connectivity index (χ1v) is 7.83. The highest BCUT2D eigenvalue weighted by atomic mass is 32.2. The molecule has 1 unspecified atom stereocenters. The van der Waals surface area contributed by atoms with Crippen LogP contribution in [0.15, 0.2) is 59.5 Å². The number of thioether (sulfide) groups is 1. The van der Waals surface area contributed by atoms with Crippen LogP contribution in [-0.4, -0.2) is 19.4 Å². The molecule has 2 aromatic carbocycles. The molecule has 0 saturated carbocycles. The largest absolute Gasteiger partial charge is 0.497 e. The van der Waals surface area contributed by atoms with E-state index < -0.39 is 0 Å². The number of rotatable bonds is 7. The Morgan fingerprint density at radius 3 is 2.65 bits per heavy atom. The number of hydrogen-bond donors (Lipinski definition) is 1. The molecule has 2 aromatic rings. The lowest BCUT2D eigenvalue weighted by Crippen LogP contribution is -2.21. The van der Waals surface area contributed by atoms with Crippen molar-refractivity contribution in [3.8, 4) is 5.75 Å². The fourth-order valence-electron chi connectivity index (χ4n) is 1.99. The van der Waals surface area contributed by atoms with Crippen molar-refractivity contribution in [2.75, 3.05) is 19.4 Å². The topological polar surface area (TPSA) is 21.3 Å². The summed E-state index contributed by atoms with van der Waals surface area (Å²) in [6.07, 6.45) is 0. The molecule has 0 aliphatic rings. The van der Waals surface area contributed by atoms with Crippen LogP contribution in [-0.2, 0) is 0 Å². The van der Waals surface area contributed by atoms with Crippen molar-refractivity contribution < 1.29 is 4.74 Å². The predicted molar refractivity (Wildman–Crippen MR) is 86.6 cm³/mol. The molecule has 0 amide bonds. The third-order valence-electron chi connectivity index (χ3n) is 3.16. The van der Waals surface area contributed by atoms with Gasteiger partial charge in [0.2, 0.25) is 0 Å². The van der Waals surface area contributed by atoms with Crippen LogP contribution in [0, 0.1) is 0 Å². The molecule has 1 N–H and O–H groups in total. The maximum atomic E-state index is 5.26. The Labute approximate surface area is 125 Å². The highest BCUT2D eigenvalue weighted by Crippen LogP contribution is 2.19. The van der Waals surface area contributed by atoms with Crippen molar-refractivity contribution in [2.45, 2.75) is 17.9 Å². The molecule has 0 radical (unpaired) electrons. The van der Waals surface area contributed by atoms with E-state index in [1.165, 1.54) is 10.5 Å². The van der Waals surface area contributed by atoms with E-state index in [9.17, 15) is 0 Å². The zero-order valence-corrected chi connectivity index (χ0v) is 12.8. The van der Waals surface area contributed by atoms with E-state index in [2.05, 4.69) is 48.6 Å². The van der Waals surface area contributed by atoms with Crippen molar-refractivity contribution >= 4 is 11.8 Å². The Kier molecular flexibility index (Phi) is 5.96. The molecule has 0 aliphatic carbocycles. The van der Waals surface area contributed by atoms with Crippen LogP contribution in [0.3, 0.4) is 0 Å². The zero-order chi connectivity index (χ0) is 14.2. The molecule has 0 aliphatic heterocycles. The molecule has 1 atom stereocenters. The van der Waals surface area contributed by atoms with Crippen LogP contribution >= 0.6 is 11.8 Å². The SMILES string of the molecule is COc1cccc(C(C)NCCSc2ccccc2)c1. The second-order valence-corrected chi connectivity index (χ2v) is 5.78. The highest BCUT2D eigenvalue weighted by molar-refractivity contribution is 7.99. The summed E-state index contributed by atoms with van der Waals surface area (Å²) < 4.78 is 5.26. The van der Waals surface area contributed by atoms with E-state index in [0.717, 1.165) is 18.0 Å². The number of hydrogen-bond acceptors (Lipinski definition) is 3. The molecule has 2 nitrogen and oxygen atoms in total. The minimum absolute atomic E-state index is 0.335. The van der Waals surface area contributed by atoms with Crippen molar-refractivity contribution in [1.82, 2.24) is 5.32 Å². The lowest BCUT2D eigenvalue weighted by Gasteiger charge is -2.15. The molecule has 0 aromatic heterocycles. The maximum absolute atomic E-state index is 5.26. The van der Waals surface area contributed by atoms with Gasteiger partial charge in [-0.3, -0.25) is 0 Å². The summed E-state index contributed by atoms with van der Waals surface area (Å²) in [7, 11) is 1.70. The molecule has 0 heterocycles. The normalized spacial score (nSPS) is 12.1. The second kappa shape index (κ2) is 7.98. The van der Waals surface area contributed by atoms with Crippen molar-refractivity contribution in [3.05, 3.63) is 60.2 Å². The lowest BCUT2D eigenvalue weighted by molar-refractivity contribution is 0.413. The smallest absolute Gasteiger partial charge is 0.119 e. The van der Waals surface area contributed by atoms with Gasteiger partial charge >= 0.3 is 0 Å². The van der Waals surface area contributed by atoms with Crippen molar-refractivity contribution in [2.24, 2.45) is 0 Å². The Balaban J connectivity index is 1.76. The van der Waals surface area contributed by atoms with E-state index in [0.29, 0.717) is 6.04 Å². The summed E-state index contributed by atoms with van der Waals surface area (Å²) in [5.41, 5.74) is 1.26. The van der Waals surface area contributed by atoms with Crippen LogP contribution < -0.4 is 10.1 Å². The van der Waals surface area contributed by atoms with Crippen LogP contribution in [0.25, 0.3) is 0 Å². The fraction of sp³-hybridized carbons (Fsp3) is 0.294. The minimum atomic E-state index is 0.335. The number of ether oxygens (including phenoxy) is 1. The standard InChI is InChI=1S/C17H21NOS/c1-14(15-7-6-8-16(13-15)19-2)18-11-12-20-17-9-4-3-5-10-17/h3-10,13-14,18H,11-12H2,1-2H3. The molecule has 0 spiro atoms. The molecule has 106 valence electrons. The molecule has 2 rings (SSSR count). The monoisotopic (exact) mass is 287 g/mol. The van der Waals surface area contributed by atoms with Gasteiger partial charge in [-0.2, -0.15) is 0 Å². The summed E-state index contributed by atoms with van der Waals surface area (Å²) in [6.45, 7) is 3.17. The molecule has 3 heteroatoms. The number of benzene rings is 2. The first-order valence-electron chi connectivity index (χ1n) is 6.85. The molecule has 20 heavy (non-hydrogen) atoms. The summed E-state index contributed by atoms with van der Waals surface area (Å²) >= 11 is 1.88. The van der Waals surface area contributed by atoms with Gasteiger partial charge in [-0.15, -0.1) is 11.8 Å². The highest BCUT2D eigenvalue weighted by Gasteiger charge is 2.05. The van der Waals surface area contributed by atoms with E-state index in [-0.39, 0.29) is 0 Å². The van der Waals surface area contributed by atoms with Gasteiger partial charge in [0.1, 0.15) is 5.75 Å². The summed E-state index contributed by atoms with van der Waals surface area (Å²) in [4.78, 5) is 1.32. The second-order valence-electron chi connectivity index (χ2n) is 4.61. The van der Waals surface area contributed by atoms with Crippen LogP contribution in [0.2, 0.25) is 0 Å². The first-order chi connectivity index (χ1) is 9.79. The van der Waals surface area contributed by atoms with Gasteiger partial charge in [0.05, 0.1) is 7.11 Å². The molecule has 0 fully saturated rings. The van der Waals surface area contributed by atoms with Gasteiger partial charge < -0.3 is 10.1 Å². The van der Waals surface area contributed by atoms with Gasteiger partial charge in [0.15, 0.2) is 0 Å². The average Bonchev–Trinajstić information content (AvgIpc) is 2.52. The molecular formula is C17H21NOS. The van der Waals surface area contributed by atoms with Crippen LogP contribution in [0.5, 0.6) is 5.75 Å². The van der Waals surface area contributed by atoms with Gasteiger partial charge in [-0.25, -0.2) is 0 Å². The van der Waals surface area contributed by atoms with Gasteiger partial charge in [0, 0.05) is 23.2 Å². The zero-order valence-electron chi connectivity index (χ0n) is 12.0. The van der Waals surface area contributed by atoms with E-state index in [4.69, 9.17) is 4.74 Å². The molecular weight excluding hydrogens is 266 g/mol. The van der Waals surface area contributed by atoms with Gasteiger partial charge in [0.25, 0.3) is 0 Å². The Bertz CT molecular complexity index is 515. The quantitative estimate of drug-likeness (QED) is 0.611. The average molecular weight is 287 g/mol. The summed E-state index contributed by atoms with van der Waals surface area (Å²) in [5, 5.41) is 3.54. The van der Waals surface area contributed by atoms with Gasteiger partial charge in [-0.05, 0) is 36.8 Å². The minimum Gasteiger partial charge on any atom is -0.497 e. The fourth-order valence-corrected chi connectivity index (χ4v) is 2.79. The number of methoxy groups -OCH3 is 1. The summed E-state index contributed by atoms with van der Waals surface area (Å²) in [6, 6.07) is 19.1. The third kappa shape index (κ3) is 4.58. The Morgan fingerprint density at radius 2 is 1.90 bits per heavy atom. The molecule has 0 saturated heterocycles. The van der Waals surface area contributed by atoms with Crippen LogP contribution in [0.4, 0.5) is 0 Å². The van der Waals surface area contributed by atoms with E-state index in [1.807, 2.05) is 30.0 Å². The Hall–Kier alpha value is -1.45. The van der Waals surface area contributed by atoms with E-state index >= 15 is 0 Å². The third-order valence-corrected chi connectivity index (χ3v) is 4.17. The van der Waals surface area contributed by atoms with Crippen molar-refractivity contribution in [3.63, 3.8) is 0 Å². The lowest BCUT2D eigenvalue weighted by atomic mass is 10.1. The van der Waals surface area contributed by atoms with Crippen LogP contribution in [0.1, 0.15) is 18.5 Å². The summed E-state index contributed by atoms with van der Waals surface area (Å²) in [5.74, 6) is 1.98. The molecule has 0 bridgehead atoms. The number of nitrogens with one attached hydrogen (secondary N) is 1. The van der Waals surface area contributed by atoms with Crippen molar-refractivity contribution in [1.29, 1.82) is 0 Å². The van der Waals surface area contributed by atoms with E-state index in [1.54, 1.807) is 7.11 Å². The maximum Gasteiger partial charge on any atom is 0.119 e. The first kappa shape index (κ1) is 14.9. The predicted octanol–water partition coefficient (Wildman–Crippen LogP) is 4.14. The Morgan fingerprint density at radius 1 is 1.10 bits per heavy atom. The van der Waals surface area contributed by atoms with Gasteiger partial charge in [-0.1, -0.05) is 30.3 Å².